The van der Waals surface area contributed by atoms with E-state index in [-0.39, 0.29) is 5.57 Å². The Labute approximate surface area is 92.6 Å². The molecule has 0 aliphatic heterocycles. The summed E-state index contributed by atoms with van der Waals surface area (Å²) < 4.78 is 0. The predicted molar refractivity (Wildman–Crippen MR) is 50.4 cm³/mol. The predicted octanol–water partition coefficient (Wildman–Crippen LogP) is 1.84. The van der Waals surface area contributed by atoms with Gasteiger partial charge in [0.25, 0.3) is 0 Å². The van der Waals surface area contributed by atoms with Crippen molar-refractivity contribution in [1.29, 1.82) is 0 Å². The molecule has 0 radical (unpaired) electrons. The first-order valence-corrected chi connectivity index (χ1v) is 4.33. The molecule has 0 fully saturated rings. The van der Waals surface area contributed by atoms with Gasteiger partial charge in [0.1, 0.15) is 0 Å². The van der Waals surface area contributed by atoms with E-state index in [1.807, 2.05) is 0 Å². The maximum absolute atomic E-state index is 10.8. The molecule has 0 saturated heterocycles. The molecule has 7 heteroatoms. The second-order valence-electron chi connectivity index (χ2n) is 3.83. The SMILES string of the molecule is C=C(C)C(=O)OOC(=O)OOOC(C)(C)C. The summed E-state index contributed by atoms with van der Waals surface area (Å²) in [4.78, 5) is 37.9. The van der Waals surface area contributed by atoms with Crippen LogP contribution in [0.5, 0.6) is 0 Å². The largest absolute Gasteiger partial charge is 0.584 e. The van der Waals surface area contributed by atoms with E-state index in [1.54, 1.807) is 20.8 Å². The molecule has 0 unspecified atom stereocenters. The van der Waals surface area contributed by atoms with Crippen molar-refractivity contribution in [2.45, 2.75) is 33.3 Å². The number of hydrogen-bond donors (Lipinski definition) is 0. The molecule has 0 N–H and O–H groups in total. The Kier molecular flexibility index (Phi) is 5.48. The summed E-state index contributed by atoms with van der Waals surface area (Å²) in [6, 6.07) is 0. The lowest BCUT2D eigenvalue weighted by molar-refractivity contribution is -0.519. The normalized spacial score (nSPS) is 10.5. The molecule has 16 heavy (non-hydrogen) atoms. The molecular formula is C9H14O7. The first kappa shape index (κ1) is 14.4. The summed E-state index contributed by atoms with van der Waals surface area (Å²) in [5.41, 5.74) is -0.589. The molecule has 0 rings (SSSR count). The van der Waals surface area contributed by atoms with Crippen LogP contribution in [0.3, 0.4) is 0 Å². The van der Waals surface area contributed by atoms with E-state index in [4.69, 9.17) is 0 Å². The highest BCUT2D eigenvalue weighted by Gasteiger charge is 2.16. The number of rotatable bonds is 3. The van der Waals surface area contributed by atoms with E-state index in [9.17, 15) is 9.59 Å². The second-order valence-corrected chi connectivity index (χ2v) is 3.83. The van der Waals surface area contributed by atoms with Crippen LogP contribution < -0.4 is 0 Å². The Morgan fingerprint density at radius 1 is 1.06 bits per heavy atom. The third-order valence-corrected chi connectivity index (χ3v) is 0.920. The zero-order valence-corrected chi connectivity index (χ0v) is 9.56. The van der Waals surface area contributed by atoms with E-state index < -0.39 is 17.7 Å². The number of carbonyl (C=O) groups is 2. The standard InChI is InChI=1S/C9H14O7/c1-6(2)7(10)12-13-8(11)14-16-15-9(3,4)5/h1H2,2-5H3. The molecule has 7 nitrogen and oxygen atoms in total. The summed E-state index contributed by atoms with van der Waals surface area (Å²) in [6.07, 6.45) is -1.38. The Balaban J connectivity index is 3.68. The first-order chi connectivity index (χ1) is 7.22. The highest BCUT2D eigenvalue weighted by Crippen LogP contribution is 2.07. The molecule has 0 spiro atoms. The lowest BCUT2D eigenvalue weighted by Gasteiger charge is -2.14. The van der Waals surface area contributed by atoms with Crippen LogP contribution >= 0.6 is 0 Å². The average Bonchev–Trinajstić information content (AvgIpc) is 2.11. The van der Waals surface area contributed by atoms with Gasteiger partial charge in [-0.25, -0.2) is 19.5 Å². The Morgan fingerprint density at radius 2 is 1.62 bits per heavy atom. The van der Waals surface area contributed by atoms with Gasteiger partial charge in [0.15, 0.2) is 0 Å². The summed E-state index contributed by atoms with van der Waals surface area (Å²) in [5, 5.41) is 4.06. The van der Waals surface area contributed by atoms with Gasteiger partial charge in [-0.3, -0.25) is 0 Å². The van der Waals surface area contributed by atoms with Gasteiger partial charge in [-0.05, 0) is 32.7 Å². The molecule has 0 atom stereocenters. The van der Waals surface area contributed by atoms with Crippen molar-refractivity contribution in [2.75, 3.05) is 0 Å². The molecule has 0 aromatic heterocycles. The molecule has 0 aromatic rings. The quantitative estimate of drug-likeness (QED) is 0.418. The van der Waals surface area contributed by atoms with Crippen molar-refractivity contribution < 1.29 is 34.2 Å². The van der Waals surface area contributed by atoms with Crippen LogP contribution in [0.1, 0.15) is 27.7 Å². The smallest absolute Gasteiger partial charge is 0.242 e. The van der Waals surface area contributed by atoms with Crippen LogP contribution in [0.4, 0.5) is 4.79 Å². The lowest BCUT2D eigenvalue weighted by atomic mass is 10.2. The minimum absolute atomic E-state index is 0.0691. The molecule has 0 heterocycles. The fourth-order valence-corrected chi connectivity index (χ4v) is 0.304. The monoisotopic (exact) mass is 234 g/mol. The fraction of sp³-hybridized carbons (Fsp3) is 0.556. The molecular weight excluding hydrogens is 220 g/mol. The lowest BCUT2D eigenvalue weighted by Crippen LogP contribution is -2.21. The maximum Gasteiger partial charge on any atom is 0.584 e. The Morgan fingerprint density at radius 3 is 2.06 bits per heavy atom. The average molecular weight is 234 g/mol. The fourth-order valence-electron chi connectivity index (χ4n) is 0.304. The van der Waals surface area contributed by atoms with Gasteiger partial charge in [-0.15, -0.1) is 0 Å². The summed E-state index contributed by atoms with van der Waals surface area (Å²) in [5.74, 6) is -0.895. The summed E-state index contributed by atoms with van der Waals surface area (Å²) in [7, 11) is 0. The van der Waals surface area contributed by atoms with E-state index in [0.717, 1.165) is 0 Å². The van der Waals surface area contributed by atoms with Crippen molar-refractivity contribution in [1.82, 2.24) is 0 Å². The van der Waals surface area contributed by atoms with Crippen LogP contribution in [0.15, 0.2) is 12.2 Å². The van der Waals surface area contributed by atoms with Crippen molar-refractivity contribution in [3.8, 4) is 0 Å². The van der Waals surface area contributed by atoms with Crippen LogP contribution in [-0.2, 0) is 29.4 Å². The molecule has 0 aliphatic carbocycles. The van der Waals surface area contributed by atoms with Crippen molar-refractivity contribution in [3.63, 3.8) is 0 Å². The third kappa shape index (κ3) is 7.77. The van der Waals surface area contributed by atoms with Gasteiger partial charge in [0.05, 0.1) is 5.60 Å². The van der Waals surface area contributed by atoms with Gasteiger partial charge in [0.2, 0.25) is 0 Å². The van der Waals surface area contributed by atoms with Crippen molar-refractivity contribution in [3.05, 3.63) is 12.2 Å². The van der Waals surface area contributed by atoms with Gasteiger partial charge < -0.3 is 0 Å². The highest BCUT2D eigenvalue weighted by molar-refractivity contribution is 5.86. The zero-order valence-electron chi connectivity index (χ0n) is 9.56. The van der Waals surface area contributed by atoms with Gasteiger partial charge in [0, 0.05) is 5.57 Å². The van der Waals surface area contributed by atoms with E-state index in [0.29, 0.717) is 0 Å². The Hall–Kier alpha value is -1.60. The van der Waals surface area contributed by atoms with Crippen molar-refractivity contribution in [2.24, 2.45) is 0 Å². The van der Waals surface area contributed by atoms with Gasteiger partial charge in [-0.1, -0.05) is 6.58 Å². The molecule has 0 amide bonds. The number of carbonyl (C=O) groups excluding carboxylic acids is 2. The molecule has 0 bridgehead atoms. The maximum atomic E-state index is 10.8. The summed E-state index contributed by atoms with van der Waals surface area (Å²) >= 11 is 0. The highest BCUT2D eigenvalue weighted by atomic mass is 17.5. The molecule has 0 aliphatic rings. The first-order valence-electron chi connectivity index (χ1n) is 4.33. The van der Waals surface area contributed by atoms with E-state index >= 15 is 0 Å². The molecule has 0 aromatic carbocycles. The van der Waals surface area contributed by atoms with Crippen LogP contribution in [0.25, 0.3) is 0 Å². The van der Waals surface area contributed by atoms with E-state index in [2.05, 4.69) is 31.2 Å². The van der Waals surface area contributed by atoms with Crippen LogP contribution in [-0.4, -0.2) is 17.7 Å². The van der Waals surface area contributed by atoms with Gasteiger partial charge >= 0.3 is 12.1 Å². The van der Waals surface area contributed by atoms with Crippen molar-refractivity contribution >= 4 is 12.1 Å². The minimum atomic E-state index is -1.38. The van der Waals surface area contributed by atoms with Gasteiger partial charge in [-0.2, -0.15) is 9.68 Å². The topological polar surface area (TPSA) is 80.3 Å². The van der Waals surface area contributed by atoms with E-state index in [1.165, 1.54) is 6.92 Å². The number of hydrogen-bond acceptors (Lipinski definition) is 7. The molecule has 92 valence electrons. The summed E-state index contributed by atoms with van der Waals surface area (Å²) in [6.45, 7) is 9.66. The second kappa shape index (κ2) is 6.09. The molecule has 0 saturated carbocycles. The minimum Gasteiger partial charge on any atom is -0.242 e. The Bertz CT molecular complexity index is 276. The zero-order chi connectivity index (χ0) is 12.8. The van der Waals surface area contributed by atoms with Crippen LogP contribution in [0, 0.1) is 0 Å². The van der Waals surface area contributed by atoms with Crippen LogP contribution in [0.2, 0.25) is 0 Å². The third-order valence-electron chi connectivity index (χ3n) is 0.920.